The third-order valence-corrected chi connectivity index (χ3v) is 3.70. The Morgan fingerprint density at radius 3 is 1.53 bits per heavy atom. The Labute approximate surface area is 97.6 Å². The largest absolute Gasteiger partial charge is 0.394 e. The Balaban J connectivity index is 4.19. The van der Waals surface area contributed by atoms with Crippen molar-refractivity contribution in [3.63, 3.8) is 0 Å². The molecule has 0 unspecified atom stereocenters. The van der Waals surface area contributed by atoms with Crippen LogP contribution >= 0.6 is 0 Å². The van der Waals surface area contributed by atoms with Crippen molar-refractivity contribution in [1.29, 1.82) is 0 Å². The van der Waals surface area contributed by atoms with Gasteiger partial charge in [-0.15, -0.1) is 0 Å². The van der Waals surface area contributed by atoms with E-state index in [0.29, 0.717) is 0 Å². The number of hydrogen-bond donors (Lipinski definition) is 0. The highest BCUT2D eigenvalue weighted by molar-refractivity contribution is 6.70. The predicted molar refractivity (Wildman–Crippen MR) is 72.2 cm³/mol. The zero-order valence-electron chi connectivity index (χ0n) is 11.5. The minimum atomic E-state index is -1.47. The highest BCUT2D eigenvalue weighted by Crippen LogP contribution is 2.18. The first-order valence-electron chi connectivity index (χ1n) is 6.00. The average molecular weight is 249 g/mol. The molecule has 0 aromatic carbocycles. The van der Waals surface area contributed by atoms with E-state index in [1.54, 1.807) is 0 Å². The molecule has 0 aliphatic heterocycles. The van der Waals surface area contributed by atoms with Crippen LogP contribution in [0, 0.1) is 0 Å². The van der Waals surface area contributed by atoms with Crippen molar-refractivity contribution in [2.45, 2.75) is 71.8 Å². The lowest BCUT2D eigenvalue weighted by atomic mass is 10.2. The molecule has 0 aromatic rings. The van der Waals surface area contributed by atoms with Crippen LogP contribution in [0.4, 0.5) is 0 Å². The molecular formula is C11H28O2Si2. The SMILES string of the molecule is CCCCC(O[Si](C)(C)C)O[Si](C)(C)C. The molecule has 0 aliphatic carbocycles. The maximum absolute atomic E-state index is 6.07. The van der Waals surface area contributed by atoms with Crippen molar-refractivity contribution < 1.29 is 8.85 Å². The Morgan fingerprint density at radius 1 is 0.867 bits per heavy atom. The van der Waals surface area contributed by atoms with E-state index in [1.807, 2.05) is 0 Å². The molecule has 0 bridgehead atoms. The van der Waals surface area contributed by atoms with Crippen LogP contribution in [0.25, 0.3) is 0 Å². The van der Waals surface area contributed by atoms with Gasteiger partial charge in [-0.05, 0) is 52.1 Å². The van der Waals surface area contributed by atoms with Gasteiger partial charge in [-0.3, -0.25) is 0 Å². The number of rotatable bonds is 7. The van der Waals surface area contributed by atoms with Gasteiger partial charge in [0.25, 0.3) is 0 Å². The van der Waals surface area contributed by atoms with Gasteiger partial charge in [0.15, 0.2) is 16.6 Å². The van der Waals surface area contributed by atoms with Crippen LogP contribution in [0.5, 0.6) is 0 Å². The molecule has 0 heterocycles. The summed E-state index contributed by atoms with van der Waals surface area (Å²) in [6.07, 6.45) is 3.49. The first-order chi connectivity index (χ1) is 6.64. The maximum Gasteiger partial charge on any atom is 0.187 e. The summed E-state index contributed by atoms with van der Waals surface area (Å²) in [5.41, 5.74) is 0. The van der Waals surface area contributed by atoms with Gasteiger partial charge in [-0.25, -0.2) is 0 Å². The standard InChI is InChI=1S/C11H28O2Si2/c1-8-9-10-11(12-14(2,3)4)13-15(5,6)7/h11H,8-10H2,1-7H3. The van der Waals surface area contributed by atoms with E-state index < -0.39 is 16.6 Å². The van der Waals surface area contributed by atoms with Gasteiger partial charge >= 0.3 is 0 Å². The molecule has 0 N–H and O–H groups in total. The zero-order chi connectivity index (χ0) is 12.1. The van der Waals surface area contributed by atoms with E-state index in [4.69, 9.17) is 8.85 Å². The zero-order valence-corrected chi connectivity index (χ0v) is 13.5. The smallest absolute Gasteiger partial charge is 0.187 e. The molecule has 0 atom stereocenters. The van der Waals surface area contributed by atoms with Gasteiger partial charge < -0.3 is 8.85 Å². The summed E-state index contributed by atoms with van der Waals surface area (Å²) < 4.78 is 12.1. The fourth-order valence-corrected chi connectivity index (χ4v) is 3.31. The molecule has 0 radical (unpaired) electrons. The summed E-state index contributed by atoms with van der Waals surface area (Å²) >= 11 is 0. The van der Waals surface area contributed by atoms with Crippen LogP contribution in [0.1, 0.15) is 26.2 Å². The lowest BCUT2D eigenvalue weighted by Gasteiger charge is -2.31. The minimum Gasteiger partial charge on any atom is -0.394 e. The maximum atomic E-state index is 6.07. The van der Waals surface area contributed by atoms with Crippen LogP contribution in [0.2, 0.25) is 39.3 Å². The van der Waals surface area contributed by atoms with Crippen molar-refractivity contribution in [2.24, 2.45) is 0 Å². The Kier molecular flexibility index (Phi) is 6.32. The lowest BCUT2D eigenvalue weighted by Crippen LogP contribution is -2.39. The van der Waals surface area contributed by atoms with Crippen molar-refractivity contribution in [2.75, 3.05) is 0 Å². The van der Waals surface area contributed by atoms with Gasteiger partial charge in [-0.2, -0.15) is 0 Å². The number of hydrogen-bond acceptors (Lipinski definition) is 2. The first-order valence-corrected chi connectivity index (χ1v) is 12.8. The van der Waals surface area contributed by atoms with Crippen LogP contribution in [-0.4, -0.2) is 22.9 Å². The molecule has 0 fully saturated rings. The monoisotopic (exact) mass is 248 g/mol. The highest BCUT2D eigenvalue weighted by Gasteiger charge is 2.26. The Morgan fingerprint density at radius 2 is 1.27 bits per heavy atom. The van der Waals surface area contributed by atoms with Gasteiger partial charge in [0.1, 0.15) is 6.29 Å². The molecular weight excluding hydrogens is 220 g/mol. The van der Waals surface area contributed by atoms with E-state index in [2.05, 4.69) is 46.2 Å². The van der Waals surface area contributed by atoms with Crippen molar-refractivity contribution in [3.05, 3.63) is 0 Å². The van der Waals surface area contributed by atoms with Gasteiger partial charge in [0, 0.05) is 0 Å². The summed E-state index contributed by atoms with van der Waals surface area (Å²) in [5.74, 6) is 0. The van der Waals surface area contributed by atoms with Crippen molar-refractivity contribution in [3.8, 4) is 0 Å². The van der Waals surface area contributed by atoms with E-state index >= 15 is 0 Å². The van der Waals surface area contributed by atoms with Gasteiger partial charge in [0.05, 0.1) is 0 Å². The van der Waals surface area contributed by atoms with Crippen LogP contribution in [-0.2, 0) is 8.85 Å². The molecule has 0 saturated heterocycles. The van der Waals surface area contributed by atoms with E-state index in [0.717, 1.165) is 6.42 Å². The van der Waals surface area contributed by atoms with E-state index in [9.17, 15) is 0 Å². The molecule has 0 saturated carbocycles. The molecule has 0 spiro atoms. The molecule has 4 heteroatoms. The van der Waals surface area contributed by atoms with Crippen LogP contribution < -0.4 is 0 Å². The third-order valence-electron chi connectivity index (χ3n) is 1.76. The Hall–Kier alpha value is 0.354. The second kappa shape index (κ2) is 6.18. The predicted octanol–water partition coefficient (Wildman–Crippen LogP) is 4.21. The Bertz CT molecular complexity index is 154. The lowest BCUT2D eigenvalue weighted by molar-refractivity contribution is -0.0149. The van der Waals surface area contributed by atoms with Crippen molar-refractivity contribution in [1.82, 2.24) is 0 Å². The molecule has 0 rings (SSSR count). The summed E-state index contributed by atoms with van der Waals surface area (Å²) in [6.45, 7) is 15.5. The number of unbranched alkanes of at least 4 members (excludes halogenated alkanes) is 1. The van der Waals surface area contributed by atoms with Crippen LogP contribution in [0.15, 0.2) is 0 Å². The molecule has 0 amide bonds. The third kappa shape index (κ3) is 10.6. The van der Waals surface area contributed by atoms with Gasteiger partial charge in [-0.1, -0.05) is 13.3 Å². The molecule has 15 heavy (non-hydrogen) atoms. The van der Waals surface area contributed by atoms with Gasteiger partial charge in [0.2, 0.25) is 0 Å². The summed E-state index contributed by atoms with van der Waals surface area (Å²) in [4.78, 5) is 0. The van der Waals surface area contributed by atoms with Crippen LogP contribution in [0.3, 0.4) is 0 Å². The molecule has 0 aliphatic rings. The summed E-state index contributed by atoms with van der Waals surface area (Å²) in [7, 11) is -2.95. The quantitative estimate of drug-likeness (QED) is 0.496. The second-order valence-electron chi connectivity index (χ2n) is 6.03. The topological polar surface area (TPSA) is 18.5 Å². The second-order valence-corrected chi connectivity index (χ2v) is 15.0. The average Bonchev–Trinajstić information content (AvgIpc) is 1.94. The molecule has 92 valence electrons. The minimum absolute atomic E-state index is 0.0447. The molecule has 2 nitrogen and oxygen atoms in total. The first kappa shape index (κ1) is 15.4. The summed E-state index contributed by atoms with van der Waals surface area (Å²) in [6, 6.07) is 0. The van der Waals surface area contributed by atoms with Crippen molar-refractivity contribution >= 4 is 16.6 Å². The van der Waals surface area contributed by atoms with E-state index in [1.165, 1.54) is 12.8 Å². The fraction of sp³-hybridized carbons (Fsp3) is 1.00. The normalized spacial score (nSPS) is 13.6. The van der Waals surface area contributed by atoms with E-state index in [-0.39, 0.29) is 6.29 Å². The fourth-order valence-electron chi connectivity index (χ4n) is 1.30. The molecule has 0 aromatic heterocycles. The highest BCUT2D eigenvalue weighted by atomic mass is 28.4. The summed E-state index contributed by atoms with van der Waals surface area (Å²) in [5, 5.41) is 0.